The summed E-state index contributed by atoms with van der Waals surface area (Å²) in [6.45, 7) is 0.504. The normalized spacial score (nSPS) is 10.4. The van der Waals surface area contributed by atoms with Gasteiger partial charge in [0, 0.05) is 4.47 Å². The molecule has 2 aromatic rings. The number of halogens is 1. The van der Waals surface area contributed by atoms with Crippen LogP contribution in [0, 0.1) is 0 Å². The molecule has 0 saturated carbocycles. The summed E-state index contributed by atoms with van der Waals surface area (Å²) in [5.74, 6) is 1.64. The van der Waals surface area contributed by atoms with Gasteiger partial charge in [-0.3, -0.25) is 0 Å². The minimum absolute atomic E-state index is 0.240. The molecule has 0 spiro atoms. The lowest BCUT2D eigenvalue weighted by molar-refractivity contribution is 0.285. The van der Waals surface area contributed by atoms with Crippen LogP contribution in [0.2, 0.25) is 0 Å². The van der Waals surface area contributed by atoms with Gasteiger partial charge in [-0.15, -0.1) is 0 Å². The molecule has 0 radical (unpaired) electrons. The van der Waals surface area contributed by atoms with Gasteiger partial charge in [0.15, 0.2) is 6.61 Å². The summed E-state index contributed by atoms with van der Waals surface area (Å²) in [7, 11) is 0. The minimum Gasteiger partial charge on any atom is -0.485 e. The molecule has 2 N–H and O–H groups in total. The molecule has 6 heteroatoms. The molecule has 84 valence electrons. The Labute approximate surface area is 101 Å². The molecule has 0 aliphatic rings. The van der Waals surface area contributed by atoms with Gasteiger partial charge in [-0.05, 0) is 18.2 Å². The highest BCUT2D eigenvalue weighted by Gasteiger charge is 2.05. The number of hydrogen-bond acceptors (Lipinski definition) is 5. The van der Waals surface area contributed by atoms with Gasteiger partial charge in [0.05, 0.1) is 6.54 Å². The molecule has 0 amide bonds. The molecule has 0 aliphatic heterocycles. The van der Waals surface area contributed by atoms with Crippen molar-refractivity contribution in [1.82, 2.24) is 10.1 Å². The Hall–Kier alpha value is -1.40. The molecule has 0 bridgehead atoms. The molecule has 1 heterocycles. The van der Waals surface area contributed by atoms with Crippen LogP contribution >= 0.6 is 15.9 Å². The van der Waals surface area contributed by atoms with Crippen molar-refractivity contribution in [2.75, 3.05) is 0 Å². The summed E-state index contributed by atoms with van der Waals surface area (Å²) >= 11 is 3.36. The van der Waals surface area contributed by atoms with Crippen LogP contribution in [0.15, 0.2) is 33.3 Å². The SMILES string of the molecule is NCc1nc(COc2cccc(Br)c2)no1. The lowest BCUT2D eigenvalue weighted by Crippen LogP contribution is -1.99. The van der Waals surface area contributed by atoms with Crippen molar-refractivity contribution < 1.29 is 9.26 Å². The Morgan fingerprint density at radius 1 is 1.44 bits per heavy atom. The average Bonchev–Trinajstić information content (AvgIpc) is 2.74. The van der Waals surface area contributed by atoms with Crippen LogP contribution in [0.3, 0.4) is 0 Å². The van der Waals surface area contributed by atoms with Crippen LogP contribution in [0.1, 0.15) is 11.7 Å². The highest BCUT2D eigenvalue weighted by Crippen LogP contribution is 2.18. The minimum atomic E-state index is 0.240. The van der Waals surface area contributed by atoms with E-state index in [2.05, 4.69) is 26.1 Å². The maximum absolute atomic E-state index is 5.47. The third kappa shape index (κ3) is 2.80. The molecule has 0 saturated heterocycles. The quantitative estimate of drug-likeness (QED) is 0.927. The molecule has 2 rings (SSSR count). The summed E-state index contributed by atoms with van der Waals surface area (Å²) in [4.78, 5) is 4.03. The van der Waals surface area contributed by atoms with Crippen molar-refractivity contribution in [2.45, 2.75) is 13.2 Å². The summed E-state index contributed by atoms with van der Waals surface area (Å²) in [6.07, 6.45) is 0. The van der Waals surface area contributed by atoms with Crippen LogP contribution in [0.25, 0.3) is 0 Å². The Morgan fingerprint density at radius 2 is 2.31 bits per heavy atom. The lowest BCUT2D eigenvalue weighted by Gasteiger charge is -2.02. The molecule has 0 fully saturated rings. The molecule has 0 atom stereocenters. The third-order valence-corrected chi connectivity index (χ3v) is 2.34. The molecule has 16 heavy (non-hydrogen) atoms. The number of aromatic nitrogens is 2. The Balaban J connectivity index is 1.96. The lowest BCUT2D eigenvalue weighted by atomic mass is 10.3. The fraction of sp³-hybridized carbons (Fsp3) is 0.200. The number of ether oxygens (including phenoxy) is 1. The van der Waals surface area contributed by atoms with Gasteiger partial charge >= 0.3 is 0 Å². The highest BCUT2D eigenvalue weighted by atomic mass is 79.9. The Kier molecular flexibility index (Phi) is 3.53. The van der Waals surface area contributed by atoms with E-state index in [9.17, 15) is 0 Å². The van der Waals surface area contributed by atoms with Gasteiger partial charge in [-0.1, -0.05) is 27.2 Å². The van der Waals surface area contributed by atoms with Crippen molar-refractivity contribution in [2.24, 2.45) is 5.73 Å². The maximum Gasteiger partial charge on any atom is 0.240 e. The van der Waals surface area contributed by atoms with Crippen molar-refractivity contribution >= 4 is 15.9 Å². The number of nitrogens with zero attached hydrogens (tertiary/aromatic N) is 2. The van der Waals surface area contributed by atoms with E-state index in [1.807, 2.05) is 24.3 Å². The molecule has 0 aliphatic carbocycles. The molecular formula is C10H10BrN3O2. The van der Waals surface area contributed by atoms with Crippen LogP contribution in [0.5, 0.6) is 5.75 Å². The van der Waals surface area contributed by atoms with Crippen LogP contribution in [0.4, 0.5) is 0 Å². The predicted octanol–water partition coefficient (Wildman–Crippen LogP) is 1.87. The van der Waals surface area contributed by atoms with E-state index in [4.69, 9.17) is 15.0 Å². The summed E-state index contributed by atoms with van der Waals surface area (Å²) in [5.41, 5.74) is 5.35. The number of nitrogens with two attached hydrogens (primary N) is 1. The predicted molar refractivity (Wildman–Crippen MR) is 60.7 cm³/mol. The first-order chi connectivity index (χ1) is 7.78. The van der Waals surface area contributed by atoms with Gasteiger partial charge in [-0.25, -0.2) is 0 Å². The van der Waals surface area contributed by atoms with Gasteiger partial charge in [0.25, 0.3) is 0 Å². The average molecular weight is 284 g/mol. The fourth-order valence-corrected chi connectivity index (χ4v) is 1.51. The highest BCUT2D eigenvalue weighted by molar-refractivity contribution is 9.10. The summed E-state index contributed by atoms with van der Waals surface area (Å²) in [6, 6.07) is 7.54. The fourth-order valence-electron chi connectivity index (χ4n) is 1.14. The van der Waals surface area contributed by atoms with E-state index in [1.165, 1.54) is 0 Å². The van der Waals surface area contributed by atoms with Crippen LogP contribution in [-0.2, 0) is 13.2 Å². The second kappa shape index (κ2) is 5.09. The van der Waals surface area contributed by atoms with Crippen molar-refractivity contribution in [3.63, 3.8) is 0 Å². The maximum atomic E-state index is 5.47. The summed E-state index contributed by atoms with van der Waals surface area (Å²) in [5, 5.41) is 3.72. The second-order valence-electron chi connectivity index (χ2n) is 3.05. The molecule has 1 aromatic carbocycles. The number of rotatable bonds is 4. The zero-order valence-corrected chi connectivity index (χ0v) is 9.98. The smallest absolute Gasteiger partial charge is 0.240 e. The molecule has 5 nitrogen and oxygen atoms in total. The van der Waals surface area contributed by atoms with Crippen molar-refractivity contribution in [1.29, 1.82) is 0 Å². The molecule has 1 aromatic heterocycles. The largest absolute Gasteiger partial charge is 0.485 e. The molecule has 0 unspecified atom stereocenters. The van der Waals surface area contributed by atoms with E-state index < -0.39 is 0 Å². The van der Waals surface area contributed by atoms with Gasteiger partial charge in [-0.2, -0.15) is 4.98 Å². The van der Waals surface area contributed by atoms with Crippen LogP contribution in [-0.4, -0.2) is 10.1 Å². The second-order valence-corrected chi connectivity index (χ2v) is 3.97. The van der Waals surface area contributed by atoms with Gasteiger partial charge < -0.3 is 15.0 Å². The zero-order valence-electron chi connectivity index (χ0n) is 8.39. The Morgan fingerprint density at radius 3 is 3.00 bits per heavy atom. The molecular weight excluding hydrogens is 274 g/mol. The monoisotopic (exact) mass is 283 g/mol. The first kappa shape index (κ1) is 11.1. The van der Waals surface area contributed by atoms with E-state index >= 15 is 0 Å². The first-order valence-electron chi connectivity index (χ1n) is 4.68. The first-order valence-corrected chi connectivity index (χ1v) is 5.47. The van der Waals surface area contributed by atoms with Crippen molar-refractivity contribution in [3.8, 4) is 5.75 Å². The van der Waals surface area contributed by atoms with Crippen molar-refractivity contribution in [3.05, 3.63) is 40.5 Å². The van der Waals surface area contributed by atoms with E-state index in [0.29, 0.717) is 11.7 Å². The van der Waals surface area contributed by atoms with E-state index in [1.54, 1.807) is 0 Å². The third-order valence-electron chi connectivity index (χ3n) is 1.85. The van der Waals surface area contributed by atoms with Crippen LogP contribution < -0.4 is 10.5 Å². The van der Waals surface area contributed by atoms with Gasteiger partial charge in [0.2, 0.25) is 11.7 Å². The number of hydrogen-bond donors (Lipinski definition) is 1. The van der Waals surface area contributed by atoms with Gasteiger partial charge in [0.1, 0.15) is 5.75 Å². The van der Waals surface area contributed by atoms with E-state index in [-0.39, 0.29) is 13.2 Å². The summed E-state index contributed by atoms with van der Waals surface area (Å²) < 4.78 is 11.3. The number of benzene rings is 1. The standard InChI is InChI=1S/C10H10BrN3O2/c11-7-2-1-3-8(4-7)15-6-9-13-10(5-12)16-14-9/h1-4H,5-6,12H2. The Bertz CT molecular complexity index is 473. The topological polar surface area (TPSA) is 74.2 Å². The zero-order chi connectivity index (χ0) is 11.4. The van der Waals surface area contributed by atoms with E-state index in [0.717, 1.165) is 10.2 Å².